The lowest BCUT2D eigenvalue weighted by molar-refractivity contribution is -0.119. The van der Waals surface area contributed by atoms with Gasteiger partial charge in [0.15, 0.2) is 0 Å². The van der Waals surface area contributed by atoms with Gasteiger partial charge in [-0.05, 0) is 37.5 Å². The highest BCUT2D eigenvalue weighted by molar-refractivity contribution is 6.40. The SMILES string of the molecule is Cc1cccc(N2N=C(C(=O)NC(C)C(C)C)CCC2=O)c1. The molecular weight excluding hydrogens is 278 g/mol. The third kappa shape index (κ3) is 3.72. The van der Waals surface area contributed by atoms with E-state index in [1.54, 1.807) is 0 Å². The van der Waals surface area contributed by atoms with Gasteiger partial charge in [0, 0.05) is 18.9 Å². The van der Waals surface area contributed by atoms with Crippen LogP contribution in [0.25, 0.3) is 0 Å². The summed E-state index contributed by atoms with van der Waals surface area (Å²) in [5.74, 6) is 0.0769. The van der Waals surface area contributed by atoms with Crippen LogP contribution < -0.4 is 10.3 Å². The molecule has 0 saturated heterocycles. The molecule has 0 aliphatic carbocycles. The Balaban J connectivity index is 2.21. The van der Waals surface area contributed by atoms with Gasteiger partial charge >= 0.3 is 0 Å². The number of nitrogens with one attached hydrogen (secondary N) is 1. The molecule has 1 aliphatic heterocycles. The number of hydrogen-bond donors (Lipinski definition) is 1. The number of carbonyl (C=O) groups excluding carboxylic acids is 2. The molecule has 2 rings (SSSR count). The standard InChI is InChI=1S/C17H23N3O2/c1-11(2)13(4)18-17(22)15-8-9-16(21)20(19-15)14-7-5-6-12(3)10-14/h5-7,10-11,13H,8-9H2,1-4H3,(H,18,22). The van der Waals surface area contributed by atoms with Gasteiger partial charge in [-0.3, -0.25) is 9.59 Å². The monoisotopic (exact) mass is 301 g/mol. The van der Waals surface area contributed by atoms with Crippen LogP contribution in [-0.4, -0.2) is 23.6 Å². The number of carbonyl (C=O) groups is 2. The van der Waals surface area contributed by atoms with Crippen molar-refractivity contribution in [3.05, 3.63) is 29.8 Å². The molecule has 1 aromatic rings. The zero-order valence-corrected chi connectivity index (χ0v) is 13.6. The van der Waals surface area contributed by atoms with Crippen LogP contribution in [-0.2, 0) is 9.59 Å². The molecule has 2 amide bonds. The van der Waals surface area contributed by atoms with E-state index in [2.05, 4.69) is 24.3 Å². The second-order valence-corrected chi connectivity index (χ2v) is 6.10. The number of amides is 2. The molecule has 1 atom stereocenters. The van der Waals surface area contributed by atoms with E-state index < -0.39 is 0 Å². The molecule has 118 valence electrons. The van der Waals surface area contributed by atoms with Crippen LogP contribution in [0.1, 0.15) is 39.2 Å². The number of hydrazone groups is 1. The van der Waals surface area contributed by atoms with Gasteiger partial charge in [-0.1, -0.05) is 26.0 Å². The van der Waals surface area contributed by atoms with Gasteiger partial charge in [-0.25, -0.2) is 5.01 Å². The summed E-state index contributed by atoms with van der Waals surface area (Å²) in [7, 11) is 0. The minimum Gasteiger partial charge on any atom is -0.348 e. The van der Waals surface area contributed by atoms with Crippen molar-refractivity contribution in [2.75, 3.05) is 5.01 Å². The first kappa shape index (κ1) is 16.2. The lowest BCUT2D eigenvalue weighted by Crippen LogP contribution is -2.43. The molecule has 1 heterocycles. The number of benzene rings is 1. The van der Waals surface area contributed by atoms with Gasteiger partial charge in [0.2, 0.25) is 5.91 Å². The molecule has 1 N–H and O–H groups in total. The lowest BCUT2D eigenvalue weighted by Gasteiger charge is -2.24. The van der Waals surface area contributed by atoms with Crippen molar-refractivity contribution in [2.24, 2.45) is 11.0 Å². The number of hydrogen-bond acceptors (Lipinski definition) is 3. The number of nitrogens with zero attached hydrogens (tertiary/aromatic N) is 2. The van der Waals surface area contributed by atoms with Gasteiger partial charge in [0.25, 0.3) is 5.91 Å². The van der Waals surface area contributed by atoms with Crippen LogP contribution in [0.15, 0.2) is 29.4 Å². The van der Waals surface area contributed by atoms with E-state index in [1.807, 2.05) is 38.1 Å². The molecule has 1 unspecified atom stereocenters. The maximum absolute atomic E-state index is 12.3. The zero-order chi connectivity index (χ0) is 16.3. The Kier molecular flexibility index (Phi) is 4.96. The Morgan fingerprint density at radius 1 is 1.27 bits per heavy atom. The second-order valence-electron chi connectivity index (χ2n) is 6.10. The lowest BCUT2D eigenvalue weighted by atomic mass is 10.1. The molecule has 1 aromatic carbocycles. The molecule has 5 nitrogen and oxygen atoms in total. The minimum absolute atomic E-state index is 0.0697. The molecule has 0 spiro atoms. The van der Waals surface area contributed by atoms with Crippen LogP contribution >= 0.6 is 0 Å². The fraction of sp³-hybridized carbons (Fsp3) is 0.471. The molecule has 5 heteroatoms. The summed E-state index contributed by atoms with van der Waals surface area (Å²) in [6.07, 6.45) is 0.689. The van der Waals surface area contributed by atoms with Crippen molar-refractivity contribution in [1.29, 1.82) is 0 Å². The van der Waals surface area contributed by atoms with Crippen molar-refractivity contribution in [3.8, 4) is 0 Å². The highest BCUT2D eigenvalue weighted by atomic mass is 16.2. The molecule has 22 heavy (non-hydrogen) atoms. The van der Waals surface area contributed by atoms with Crippen LogP contribution in [0, 0.1) is 12.8 Å². The average molecular weight is 301 g/mol. The fourth-order valence-corrected chi connectivity index (χ4v) is 2.13. The fourth-order valence-electron chi connectivity index (χ4n) is 2.13. The van der Waals surface area contributed by atoms with Crippen molar-refractivity contribution in [3.63, 3.8) is 0 Å². The molecule has 0 aromatic heterocycles. The van der Waals surface area contributed by atoms with E-state index in [9.17, 15) is 9.59 Å². The third-order valence-electron chi connectivity index (χ3n) is 3.90. The predicted octanol–water partition coefficient (Wildman–Crippen LogP) is 2.64. The quantitative estimate of drug-likeness (QED) is 0.929. The average Bonchev–Trinajstić information content (AvgIpc) is 2.47. The normalized spacial score (nSPS) is 16.5. The summed E-state index contributed by atoms with van der Waals surface area (Å²) in [4.78, 5) is 24.4. The molecule has 0 bridgehead atoms. The smallest absolute Gasteiger partial charge is 0.267 e. The first-order chi connectivity index (χ1) is 10.4. The van der Waals surface area contributed by atoms with Crippen molar-refractivity contribution in [1.82, 2.24) is 5.32 Å². The van der Waals surface area contributed by atoms with Crippen LogP contribution in [0.3, 0.4) is 0 Å². The number of anilines is 1. The van der Waals surface area contributed by atoms with Crippen LogP contribution in [0.2, 0.25) is 0 Å². The van der Waals surface area contributed by atoms with Gasteiger partial charge < -0.3 is 5.32 Å². The Hall–Kier alpha value is -2.17. The van der Waals surface area contributed by atoms with Crippen LogP contribution in [0.5, 0.6) is 0 Å². The van der Waals surface area contributed by atoms with E-state index >= 15 is 0 Å². The number of aryl methyl sites for hydroxylation is 1. The maximum Gasteiger partial charge on any atom is 0.267 e. The molecule has 0 radical (unpaired) electrons. The summed E-state index contributed by atoms with van der Waals surface area (Å²) in [6, 6.07) is 7.62. The summed E-state index contributed by atoms with van der Waals surface area (Å²) in [6.45, 7) is 8.03. The highest BCUT2D eigenvalue weighted by Crippen LogP contribution is 2.21. The molecular formula is C17H23N3O2. The van der Waals surface area contributed by atoms with E-state index in [0.717, 1.165) is 5.56 Å². The summed E-state index contributed by atoms with van der Waals surface area (Å²) in [5, 5.41) is 8.55. The first-order valence-corrected chi connectivity index (χ1v) is 7.66. The van der Waals surface area contributed by atoms with Crippen molar-refractivity contribution >= 4 is 23.2 Å². The Morgan fingerprint density at radius 2 is 2.00 bits per heavy atom. The minimum atomic E-state index is -0.189. The van der Waals surface area contributed by atoms with Gasteiger partial charge in [-0.15, -0.1) is 0 Å². The van der Waals surface area contributed by atoms with Gasteiger partial charge in [-0.2, -0.15) is 5.10 Å². The third-order valence-corrected chi connectivity index (χ3v) is 3.90. The van der Waals surface area contributed by atoms with E-state index in [4.69, 9.17) is 0 Å². The first-order valence-electron chi connectivity index (χ1n) is 7.66. The topological polar surface area (TPSA) is 61.8 Å². The zero-order valence-electron chi connectivity index (χ0n) is 13.6. The predicted molar refractivity (Wildman–Crippen MR) is 87.8 cm³/mol. The Labute approximate surface area is 131 Å². The Bertz CT molecular complexity index is 608. The van der Waals surface area contributed by atoms with Crippen molar-refractivity contribution < 1.29 is 9.59 Å². The number of rotatable bonds is 4. The summed E-state index contributed by atoms with van der Waals surface area (Å²) >= 11 is 0. The summed E-state index contributed by atoms with van der Waals surface area (Å²) < 4.78 is 0. The van der Waals surface area contributed by atoms with Gasteiger partial charge in [0.05, 0.1) is 5.69 Å². The van der Waals surface area contributed by atoms with E-state index in [-0.39, 0.29) is 17.9 Å². The van der Waals surface area contributed by atoms with Gasteiger partial charge in [0.1, 0.15) is 5.71 Å². The maximum atomic E-state index is 12.3. The molecule has 0 fully saturated rings. The van der Waals surface area contributed by atoms with Crippen molar-refractivity contribution in [2.45, 2.75) is 46.6 Å². The van der Waals surface area contributed by atoms with Crippen LogP contribution in [0.4, 0.5) is 5.69 Å². The largest absolute Gasteiger partial charge is 0.348 e. The second kappa shape index (κ2) is 6.73. The van der Waals surface area contributed by atoms with E-state index in [1.165, 1.54) is 5.01 Å². The Morgan fingerprint density at radius 3 is 2.64 bits per heavy atom. The highest BCUT2D eigenvalue weighted by Gasteiger charge is 2.26. The molecule has 1 aliphatic rings. The van der Waals surface area contributed by atoms with E-state index in [0.29, 0.717) is 30.2 Å². The summed E-state index contributed by atoms with van der Waals surface area (Å²) in [5.41, 5.74) is 2.16. The molecule has 0 saturated carbocycles.